The molecule has 1 aliphatic heterocycles. The minimum atomic E-state index is -0.627. The number of ketones is 1. The van der Waals surface area contributed by atoms with Crippen LogP contribution in [-0.4, -0.2) is 22.7 Å². The number of fused-ring (bicyclic) bond motifs is 3. The molecule has 0 saturated carbocycles. The quantitative estimate of drug-likeness (QED) is 0.350. The van der Waals surface area contributed by atoms with E-state index in [9.17, 15) is 9.59 Å². The first-order valence-corrected chi connectivity index (χ1v) is 10.6. The van der Waals surface area contributed by atoms with Gasteiger partial charge in [-0.3, -0.25) is 4.79 Å². The molecule has 0 aromatic heterocycles. The molecule has 0 N–H and O–H groups in total. The summed E-state index contributed by atoms with van der Waals surface area (Å²) in [7, 11) is 0. The lowest BCUT2D eigenvalue weighted by Gasteiger charge is -2.16. The Hall–Kier alpha value is -2.63. The van der Waals surface area contributed by atoms with E-state index in [1.807, 2.05) is 43.0 Å². The highest BCUT2D eigenvalue weighted by atomic mass is 35.5. The molecule has 1 aliphatic carbocycles. The third-order valence-corrected chi connectivity index (χ3v) is 6.45. The van der Waals surface area contributed by atoms with Gasteiger partial charge in [-0.2, -0.15) is 0 Å². The lowest BCUT2D eigenvalue weighted by Crippen LogP contribution is -2.19. The van der Waals surface area contributed by atoms with Crippen LogP contribution in [0.15, 0.2) is 76.3 Å². The lowest BCUT2D eigenvalue weighted by atomic mass is 9.90. The zero-order chi connectivity index (χ0) is 20.4. The Morgan fingerprint density at radius 3 is 2.69 bits per heavy atom. The number of hydrogen-bond donors (Lipinski definition) is 0. The molecule has 2 aromatic rings. The number of Topliss-reactive ketones (excluding diaryl/α,β-unsaturated/α-hetero) is 1. The fourth-order valence-corrected chi connectivity index (χ4v) is 4.75. The first kappa shape index (κ1) is 19.7. The van der Waals surface area contributed by atoms with Gasteiger partial charge in [0.05, 0.1) is 5.56 Å². The molecular formula is C23H18ClNO3S. The predicted octanol–water partition coefficient (Wildman–Crippen LogP) is 5.72. The molecule has 0 saturated heterocycles. The molecule has 2 aromatic carbocycles. The Bertz CT molecular complexity index is 1070. The van der Waals surface area contributed by atoms with Crippen LogP contribution >= 0.6 is 23.4 Å². The average Bonchev–Trinajstić information content (AvgIpc) is 3.12. The summed E-state index contributed by atoms with van der Waals surface area (Å²) in [4.78, 5) is 31.4. The minimum absolute atomic E-state index is 0.211. The molecule has 4 nitrogen and oxygen atoms in total. The van der Waals surface area contributed by atoms with E-state index in [1.54, 1.807) is 24.3 Å². The summed E-state index contributed by atoms with van der Waals surface area (Å²) in [6, 6.07) is 14.5. The molecule has 0 spiro atoms. The minimum Gasteiger partial charge on any atom is -0.312 e. The Kier molecular flexibility index (Phi) is 5.69. The van der Waals surface area contributed by atoms with Crippen LogP contribution in [0.5, 0.6) is 0 Å². The number of oxime groups is 1. The van der Waals surface area contributed by atoms with Gasteiger partial charge in [0.2, 0.25) is 5.78 Å². The summed E-state index contributed by atoms with van der Waals surface area (Å²) >= 11 is 7.65. The van der Waals surface area contributed by atoms with E-state index in [4.69, 9.17) is 16.4 Å². The fourth-order valence-electron chi connectivity index (χ4n) is 3.33. The molecule has 0 bridgehead atoms. The van der Waals surface area contributed by atoms with Gasteiger partial charge in [-0.1, -0.05) is 48.0 Å². The molecule has 29 heavy (non-hydrogen) atoms. The fraction of sp³-hybridized carbons (Fsp3) is 0.174. The molecule has 1 heterocycles. The Labute approximate surface area is 178 Å². The molecular weight excluding hydrogens is 406 g/mol. The van der Waals surface area contributed by atoms with E-state index in [-0.39, 0.29) is 11.5 Å². The van der Waals surface area contributed by atoms with Crippen LogP contribution in [0, 0.1) is 0 Å². The standard InChI is InChI=1S/C23H18ClNO3S/c1-2-19(25-28-23(27)14-7-10-16(24)11-8-14)22(26)15-9-12-21-18(13-15)17-5-3-4-6-20(17)29-21/h3-11,13,21H,2,12H2,1H3. The molecule has 4 rings (SSSR count). The number of rotatable bonds is 5. The number of halogens is 1. The summed E-state index contributed by atoms with van der Waals surface area (Å²) in [5.74, 6) is -0.839. The van der Waals surface area contributed by atoms with Crippen molar-refractivity contribution in [3.05, 3.63) is 82.4 Å². The second-order valence-electron chi connectivity index (χ2n) is 6.70. The zero-order valence-corrected chi connectivity index (χ0v) is 17.3. The monoisotopic (exact) mass is 423 g/mol. The van der Waals surface area contributed by atoms with Gasteiger partial charge in [-0.15, -0.1) is 11.8 Å². The van der Waals surface area contributed by atoms with Gasteiger partial charge in [0.25, 0.3) is 0 Å². The first-order valence-electron chi connectivity index (χ1n) is 9.33. The molecule has 0 fully saturated rings. The van der Waals surface area contributed by atoms with E-state index >= 15 is 0 Å². The molecule has 0 amide bonds. The van der Waals surface area contributed by atoms with Crippen LogP contribution in [0.25, 0.3) is 5.57 Å². The summed E-state index contributed by atoms with van der Waals surface area (Å²) in [6.07, 6.45) is 5.04. The van der Waals surface area contributed by atoms with Gasteiger partial charge in [0.15, 0.2) is 0 Å². The van der Waals surface area contributed by atoms with Crippen LogP contribution in [0.2, 0.25) is 5.02 Å². The zero-order valence-electron chi connectivity index (χ0n) is 15.7. The largest absolute Gasteiger partial charge is 0.365 e. The molecule has 6 heteroatoms. The second-order valence-corrected chi connectivity index (χ2v) is 8.38. The van der Waals surface area contributed by atoms with Gasteiger partial charge in [-0.25, -0.2) is 4.79 Å². The van der Waals surface area contributed by atoms with Gasteiger partial charge in [-0.05, 0) is 60.4 Å². The van der Waals surface area contributed by atoms with E-state index in [0.29, 0.717) is 27.8 Å². The maximum atomic E-state index is 13.0. The van der Waals surface area contributed by atoms with Crippen LogP contribution in [-0.2, 0) is 9.63 Å². The number of carbonyl (C=O) groups excluding carboxylic acids is 2. The van der Waals surface area contributed by atoms with E-state index in [2.05, 4.69) is 17.3 Å². The van der Waals surface area contributed by atoms with Crippen molar-refractivity contribution < 1.29 is 14.4 Å². The van der Waals surface area contributed by atoms with Crippen molar-refractivity contribution in [1.29, 1.82) is 0 Å². The van der Waals surface area contributed by atoms with Crippen molar-refractivity contribution in [2.24, 2.45) is 5.16 Å². The lowest BCUT2D eigenvalue weighted by molar-refractivity contribution is -0.109. The highest BCUT2D eigenvalue weighted by Gasteiger charge is 2.30. The van der Waals surface area contributed by atoms with Crippen LogP contribution in [0.4, 0.5) is 0 Å². The molecule has 0 radical (unpaired) electrons. The Morgan fingerprint density at radius 1 is 1.17 bits per heavy atom. The smallest absolute Gasteiger partial charge is 0.312 e. The number of carbonyl (C=O) groups is 2. The predicted molar refractivity (Wildman–Crippen MR) is 116 cm³/mol. The Morgan fingerprint density at radius 2 is 1.93 bits per heavy atom. The topological polar surface area (TPSA) is 55.7 Å². The number of nitrogens with zero attached hydrogens (tertiary/aromatic N) is 1. The van der Waals surface area contributed by atoms with Crippen LogP contribution < -0.4 is 0 Å². The summed E-state index contributed by atoms with van der Waals surface area (Å²) in [6.45, 7) is 1.81. The maximum absolute atomic E-state index is 13.0. The third kappa shape index (κ3) is 4.07. The van der Waals surface area contributed by atoms with Gasteiger partial charge >= 0.3 is 5.97 Å². The number of benzene rings is 2. The van der Waals surface area contributed by atoms with Crippen molar-refractivity contribution in [2.45, 2.75) is 29.9 Å². The number of hydrogen-bond acceptors (Lipinski definition) is 5. The Balaban J connectivity index is 1.52. The maximum Gasteiger partial charge on any atom is 0.365 e. The normalized spacial score (nSPS) is 17.7. The SMILES string of the molecule is CCC(=NOC(=O)c1ccc(Cl)cc1)C(=O)C1=CCC2Sc3ccccc3C2=C1. The second kappa shape index (κ2) is 8.39. The summed E-state index contributed by atoms with van der Waals surface area (Å²) in [5.41, 5.74) is 3.49. The average molecular weight is 424 g/mol. The highest BCUT2D eigenvalue weighted by molar-refractivity contribution is 8.00. The summed E-state index contributed by atoms with van der Waals surface area (Å²) in [5, 5.41) is 4.72. The van der Waals surface area contributed by atoms with E-state index in [1.165, 1.54) is 16.0 Å². The molecule has 1 unspecified atom stereocenters. The molecule has 2 aliphatic rings. The van der Waals surface area contributed by atoms with Crippen molar-refractivity contribution >= 4 is 46.4 Å². The first-order chi connectivity index (χ1) is 14.1. The van der Waals surface area contributed by atoms with Gasteiger partial charge in [0.1, 0.15) is 5.71 Å². The third-order valence-electron chi connectivity index (χ3n) is 4.85. The molecule has 146 valence electrons. The summed E-state index contributed by atoms with van der Waals surface area (Å²) < 4.78 is 0. The van der Waals surface area contributed by atoms with Crippen molar-refractivity contribution in [1.82, 2.24) is 0 Å². The van der Waals surface area contributed by atoms with Crippen molar-refractivity contribution in [3.8, 4) is 0 Å². The van der Waals surface area contributed by atoms with Crippen molar-refractivity contribution in [3.63, 3.8) is 0 Å². The van der Waals surface area contributed by atoms with E-state index < -0.39 is 5.97 Å². The van der Waals surface area contributed by atoms with Crippen molar-refractivity contribution in [2.75, 3.05) is 0 Å². The number of thioether (sulfide) groups is 1. The van der Waals surface area contributed by atoms with E-state index in [0.717, 1.165) is 6.42 Å². The molecule has 1 atom stereocenters. The van der Waals surface area contributed by atoms with Crippen LogP contribution in [0.3, 0.4) is 0 Å². The van der Waals surface area contributed by atoms with Gasteiger partial charge < -0.3 is 4.84 Å². The van der Waals surface area contributed by atoms with Crippen LogP contribution in [0.1, 0.15) is 35.7 Å². The highest BCUT2D eigenvalue weighted by Crippen LogP contribution is 2.48. The van der Waals surface area contributed by atoms with Gasteiger partial charge in [0, 0.05) is 20.7 Å². The number of allylic oxidation sites excluding steroid dienone is 3.